The third kappa shape index (κ3) is 6.94. The molecule has 0 spiro atoms. The monoisotopic (exact) mass is 345 g/mol. The lowest BCUT2D eigenvalue weighted by atomic mass is 9.98. The van der Waals surface area contributed by atoms with E-state index in [9.17, 15) is 8.42 Å². The van der Waals surface area contributed by atoms with Gasteiger partial charge in [0.15, 0.2) is 5.82 Å². The highest BCUT2D eigenvalue weighted by Gasteiger charge is 2.22. The molecule has 3 N–H and O–H groups in total. The number of nitrogens with one attached hydrogen (secondary N) is 1. The van der Waals surface area contributed by atoms with E-state index in [0.717, 1.165) is 44.6 Å². The zero-order valence-corrected chi connectivity index (χ0v) is 14.7. The van der Waals surface area contributed by atoms with Crippen LogP contribution in [0.5, 0.6) is 0 Å². The van der Waals surface area contributed by atoms with E-state index in [-0.39, 0.29) is 5.92 Å². The highest BCUT2D eigenvalue weighted by atomic mass is 32.2. The molecular weight excluding hydrogens is 318 g/mol. The summed E-state index contributed by atoms with van der Waals surface area (Å²) in [5.74, 6) is 2.26. The maximum Gasteiger partial charge on any atom is 0.274 e. The Kier molecular flexibility index (Phi) is 6.51. The second kappa shape index (κ2) is 8.18. The molecule has 0 aliphatic carbocycles. The molecule has 1 saturated heterocycles. The van der Waals surface area contributed by atoms with Crippen LogP contribution in [-0.2, 0) is 23.2 Å². The van der Waals surface area contributed by atoms with Gasteiger partial charge in [0.05, 0.1) is 6.54 Å². The van der Waals surface area contributed by atoms with E-state index in [0.29, 0.717) is 24.9 Å². The molecule has 2 heterocycles. The Bertz CT molecular complexity index is 587. The van der Waals surface area contributed by atoms with E-state index < -0.39 is 10.2 Å². The minimum Gasteiger partial charge on any atom is -0.338 e. The molecule has 0 amide bonds. The van der Waals surface area contributed by atoms with Crippen LogP contribution in [0.1, 0.15) is 44.8 Å². The second-order valence-electron chi connectivity index (χ2n) is 6.67. The number of aromatic nitrogens is 2. The lowest BCUT2D eigenvalue weighted by Crippen LogP contribution is -2.42. The van der Waals surface area contributed by atoms with Gasteiger partial charge in [-0.05, 0) is 37.6 Å². The van der Waals surface area contributed by atoms with Gasteiger partial charge in [-0.1, -0.05) is 19.0 Å². The number of nitrogens with zero attached hydrogens (tertiary/aromatic N) is 3. The summed E-state index contributed by atoms with van der Waals surface area (Å²) in [4.78, 5) is 6.66. The first kappa shape index (κ1) is 18.3. The number of rotatable bonds is 8. The van der Waals surface area contributed by atoms with Gasteiger partial charge in [-0.25, -0.2) is 9.86 Å². The van der Waals surface area contributed by atoms with Gasteiger partial charge in [0.25, 0.3) is 10.2 Å². The third-order valence-electron chi connectivity index (χ3n) is 3.99. The van der Waals surface area contributed by atoms with E-state index in [4.69, 9.17) is 9.66 Å². The predicted octanol–water partition coefficient (Wildman–Crippen LogP) is 0.663. The summed E-state index contributed by atoms with van der Waals surface area (Å²) < 4.78 is 29.7. The van der Waals surface area contributed by atoms with Crippen molar-refractivity contribution in [3.8, 4) is 0 Å². The van der Waals surface area contributed by atoms with Crippen LogP contribution in [-0.4, -0.2) is 43.1 Å². The second-order valence-corrected chi connectivity index (χ2v) is 8.05. The van der Waals surface area contributed by atoms with Gasteiger partial charge >= 0.3 is 0 Å². The number of nitrogens with two attached hydrogens (primary N) is 1. The Hall–Kier alpha value is -1.03. The van der Waals surface area contributed by atoms with Crippen molar-refractivity contribution >= 4 is 10.2 Å². The average Bonchev–Trinajstić information content (AvgIpc) is 2.90. The van der Waals surface area contributed by atoms with Gasteiger partial charge in [-0.15, -0.1) is 0 Å². The van der Waals surface area contributed by atoms with Crippen LogP contribution in [0, 0.1) is 11.8 Å². The minimum absolute atomic E-state index is 0.255. The Balaban J connectivity index is 1.80. The Morgan fingerprint density at radius 2 is 2.26 bits per heavy atom. The van der Waals surface area contributed by atoms with Gasteiger partial charge in [0, 0.05) is 19.5 Å². The summed E-state index contributed by atoms with van der Waals surface area (Å²) in [5, 5.41) is 9.00. The van der Waals surface area contributed by atoms with E-state index in [1.165, 1.54) is 0 Å². The van der Waals surface area contributed by atoms with Crippen molar-refractivity contribution in [1.82, 2.24) is 19.8 Å². The highest BCUT2D eigenvalue weighted by molar-refractivity contribution is 7.87. The SMILES string of the molecule is CC(C)CCc1noc(CN2CCCC(CNS(N)(=O)=O)C2)n1. The number of aryl methyl sites for hydroxylation is 1. The zero-order valence-electron chi connectivity index (χ0n) is 13.9. The van der Waals surface area contributed by atoms with Crippen molar-refractivity contribution in [2.45, 2.75) is 46.1 Å². The third-order valence-corrected chi connectivity index (χ3v) is 4.56. The van der Waals surface area contributed by atoms with E-state index in [1.54, 1.807) is 0 Å². The quantitative estimate of drug-likeness (QED) is 0.715. The smallest absolute Gasteiger partial charge is 0.274 e. The fourth-order valence-electron chi connectivity index (χ4n) is 2.76. The first-order chi connectivity index (χ1) is 10.8. The van der Waals surface area contributed by atoms with Gasteiger partial charge in [-0.2, -0.15) is 13.4 Å². The minimum atomic E-state index is -3.62. The standard InChI is InChI=1S/C14H27N5O3S/c1-11(2)5-6-13-17-14(22-18-13)10-19-7-3-4-12(9-19)8-16-23(15,20)21/h11-12,16H,3-10H2,1-2H3,(H2,15,20,21). The number of likely N-dealkylation sites (tertiary alicyclic amines) is 1. The average molecular weight is 345 g/mol. The molecule has 8 nitrogen and oxygen atoms in total. The zero-order chi connectivity index (χ0) is 16.9. The van der Waals surface area contributed by atoms with Crippen LogP contribution >= 0.6 is 0 Å². The summed E-state index contributed by atoms with van der Waals surface area (Å²) >= 11 is 0. The molecule has 2 rings (SSSR count). The Morgan fingerprint density at radius 1 is 1.48 bits per heavy atom. The lowest BCUT2D eigenvalue weighted by Gasteiger charge is -2.31. The van der Waals surface area contributed by atoms with E-state index in [1.807, 2.05) is 0 Å². The summed E-state index contributed by atoms with van der Waals surface area (Å²) in [6.07, 6.45) is 3.89. The van der Waals surface area contributed by atoms with Crippen LogP contribution in [0.4, 0.5) is 0 Å². The molecule has 23 heavy (non-hydrogen) atoms. The molecule has 0 aromatic carbocycles. The summed E-state index contributed by atoms with van der Waals surface area (Å²) in [6, 6.07) is 0. The van der Waals surface area contributed by atoms with Crippen molar-refractivity contribution in [1.29, 1.82) is 0 Å². The van der Waals surface area contributed by atoms with E-state index in [2.05, 4.69) is 33.6 Å². The van der Waals surface area contributed by atoms with Gasteiger partial charge < -0.3 is 4.52 Å². The molecule has 132 valence electrons. The largest absolute Gasteiger partial charge is 0.338 e. The fraction of sp³-hybridized carbons (Fsp3) is 0.857. The Morgan fingerprint density at radius 3 is 2.96 bits per heavy atom. The summed E-state index contributed by atoms with van der Waals surface area (Å²) in [5.41, 5.74) is 0. The van der Waals surface area contributed by atoms with Crippen LogP contribution in [0.2, 0.25) is 0 Å². The van der Waals surface area contributed by atoms with Gasteiger partial charge in [0.1, 0.15) is 0 Å². The first-order valence-corrected chi connectivity index (χ1v) is 9.67. The fourth-order valence-corrected chi connectivity index (χ4v) is 3.23. The van der Waals surface area contributed by atoms with Crippen LogP contribution < -0.4 is 9.86 Å². The molecule has 9 heteroatoms. The molecule has 1 unspecified atom stereocenters. The molecule has 1 aromatic rings. The maximum absolute atomic E-state index is 11.0. The predicted molar refractivity (Wildman–Crippen MR) is 86.6 cm³/mol. The van der Waals surface area contributed by atoms with E-state index >= 15 is 0 Å². The first-order valence-electron chi connectivity index (χ1n) is 8.13. The summed E-state index contributed by atoms with van der Waals surface area (Å²) in [7, 11) is -3.62. The van der Waals surface area contributed by atoms with Crippen LogP contribution in [0.3, 0.4) is 0 Å². The maximum atomic E-state index is 11.0. The molecule has 1 aromatic heterocycles. The van der Waals surface area contributed by atoms with Crippen LogP contribution in [0.15, 0.2) is 4.52 Å². The van der Waals surface area contributed by atoms with Crippen molar-refractivity contribution in [2.75, 3.05) is 19.6 Å². The molecular formula is C14H27N5O3S. The molecule has 1 aliphatic rings. The normalized spacial score (nSPS) is 20.3. The van der Waals surface area contributed by atoms with Crippen molar-refractivity contribution < 1.29 is 12.9 Å². The number of hydrogen-bond donors (Lipinski definition) is 2. The molecule has 1 aliphatic heterocycles. The summed E-state index contributed by atoms with van der Waals surface area (Å²) in [6.45, 7) is 7.08. The molecule has 0 bridgehead atoms. The topological polar surface area (TPSA) is 114 Å². The lowest BCUT2D eigenvalue weighted by molar-refractivity contribution is 0.151. The van der Waals surface area contributed by atoms with Crippen molar-refractivity contribution in [3.63, 3.8) is 0 Å². The van der Waals surface area contributed by atoms with Gasteiger partial charge in [0.2, 0.25) is 5.89 Å². The Labute approximate surface area is 138 Å². The highest BCUT2D eigenvalue weighted by Crippen LogP contribution is 2.18. The number of hydrogen-bond acceptors (Lipinski definition) is 6. The number of piperidine rings is 1. The van der Waals surface area contributed by atoms with Crippen molar-refractivity contribution in [3.05, 3.63) is 11.7 Å². The molecule has 0 saturated carbocycles. The van der Waals surface area contributed by atoms with Gasteiger partial charge in [-0.3, -0.25) is 4.90 Å². The van der Waals surface area contributed by atoms with Crippen LogP contribution in [0.25, 0.3) is 0 Å². The molecule has 1 atom stereocenters. The molecule has 0 radical (unpaired) electrons. The van der Waals surface area contributed by atoms with Crippen molar-refractivity contribution in [2.24, 2.45) is 17.0 Å². The molecule has 1 fully saturated rings.